The lowest BCUT2D eigenvalue weighted by atomic mass is 10.0. The van der Waals surface area contributed by atoms with Gasteiger partial charge in [0.2, 0.25) is 5.88 Å². The van der Waals surface area contributed by atoms with Gasteiger partial charge in [-0.1, -0.05) is 36.4 Å². The Balaban J connectivity index is 1.51. The van der Waals surface area contributed by atoms with Gasteiger partial charge in [0.25, 0.3) is 0 Å². The van der Waals surface area contributed by atoms with Gasteiger partial charge in [0.15, 0.2) is 0 Å². The molecule has 1 N–H and O–H groups in total. The van der Waals surface area contributed by atoms with Crippen LogP contribution in [-0.2, 0) is 0 Å². The molecule has 4 rings (SSSR count). The lowest BCUT2D eigenvalue weighted by Gasteiger charge is -2.29. The van der Waals surface area contributed by atoms with Crippen molar-refractivity contribution in [2.75, 3.05) is 0 Å². The summed E-state index contributed by atoms with van der Waals surface area (Å²) in [5.74, 6) is 0.752. The first kappa shape index (κ1) is 12.8. The molecule has 0 saturated carbocycles. The smallest absolute Gasteiger partial charge is 0.214 e. The Morgan fingerprint density at radius 3 is 2.43 bits per heavy atom. The SMILES string of the molecule is c1ccc(-c2cccc(OC3C[C@H]4CC[C@@H](C3)N4)n2)cc1. The number of aromatic nitrogens is 1. The lowest BCUT2D eigenvalue weighted by Crippen LogP contribution is -2.42. The highest BCUT2D eigenvalue weighted by Crippen LogP contribution is 2.29. The van der Waals surface area contributed by atoms with Crippen molar-refractivity contribution in [3.63, 3.8) is 0 Å². The third-order valence-corrected chi connectivity index (χ3v) is 4.51. The Morgan fingerprint density at radius 2 is 1.67 bits per heavy atom. The van der Waals surface area contributed by atoms with E-state index in [2.05, 4.69) is 22.4 Å². The van der Waals surface area contributed by atoms with Gasteiger partial charge in [-0.25, -0.2) is 4.98 Å². The normalized spacial score (nSPS) is 27.5. The Bertz CT molecular complexity index is 602. The van der Waals surface area contributed by atoms with Crippen molar-refractivity contribution >= 4 is 0 Å². The van der Waals surface area contributed by atoms with Crippen LogP contribution in [0.25, 0.3) is 11.3 Å². The van der Waals surface area contributed by atoms with E-state index < -0.39 is 0 Å². The van der Waals surface area contributed by atoms with Crippen LogP contribution in [0.2, 0.25) is 0 Å². The number of piperidine rings is 1. The second-order valence-electron chi connectivity index (χ2n) is 6.08. The highest BCUT2D eigenvalue weighted by Gasteiger charge is 2.34. The van der Waals surface area contributed by atoms with Gasteiger partial charge in [-0.15, -0.1) is 0 Å². The van der Waals surface area contributed by atoms with Gasteiger partial charge in [0.05, 0.1) is 5.69 Å². The highest BCUT2D eigenvalue weighted by atomic mass is 16.5. The van der Waals surface area contributed by atoms with E-state index in [4.69, 9.17) is 4.74 Å². The van der Waals surface area contributed by atoms with Gasteiger partial charge in [0, 0.05) is 23.7 Å². The van der Waals surface area contributed by atoms with E-state index in [9.17, 15) is 0 Å². The van der Waals surface area contributed by atoms with Gasteiger partial charge in [-0.2, -0.15) is 0 Å². The second-order valence-corrected chi connectivity index (χ2v) is 6.08. The van der Waals surface area contributed by atoms with Gasteiger partial charge in [-0.3, -0.25) is 0 Å². The Labute approximate surface area is 125 Å². The predicted octanol–water partition coefficient (Wildman–Crippen LogP) is 3.41. The number of hydrogen-bond donors (Lipinski definition) is 1. The molecular weight excluding hydrogens is 260 g/mol. The first-order valence-electron chi connectivity index (χ1n) is 7.82. The van der Waals surface area contributed by atoms with Crippen LogP contribution in [-0.4, -0.2) is 23.2 Å². The van der Waals surface area contributed by atoms with E-state index in [0.29, 0.717) is 18.2 Å². The standard InChI is InChI=1S/C18H20N2O/c1-2-5-13(6-3-1)17-7-4-8-18(20-17)21-16-11-14-9-10-15(12-16)19-14/h1-8,14-16,19H,9-12H2/t14-,15+,16?. The van der Waals surface area contributed by atoms with Crippen LogP contribution in [0.4, 0.5) is 0 Å². The minimum Gasteiger partial charge on any atom is -0.474 e. The Morgan fingerprint density at radius 1 is 0.905 bits per heavy atom. The first-order chi connectivity index (χ1) is 10.4. The van der Waals surface area contributed by atoms with Crippen molar-refractivity contribution in [1.29, 1.82) is 0 Å². The van der Waals surface area contributed by atoms with Crippen LogP contribution >= 0.6 is 0 Å². The van der Waals surface area contributed by atoms with Crippen LogP contribution in [0, 0.1) is 0 Å². The quantitative estimate of drug-likeness (QED) is 0.935. The van der Waals surface area contributed by atoms with Crippen molar-refractivity contribution in [3.05, 3.63) is 48.5 Å². The molecule has 1 aromatic heterocycles. The molecule has 0 spiro atoms. The molecule has 3 heteroatoms. The number of ether oxygens (including phenoxy) is 1. The van der Waals surface area contributed by atoms with E-state index in [-0.39, 0.29) is 0 Å². The molecule has 1 aromatic carbocycles. The molecule has 1 unspecified atom stereocenters. The average Bonchev–Trinajstić information content (AvgIpc) is 2.87. The van der Waals surface area contributed by atoms with Crippen molar-refractivity contribution in [3.8, 4) is 17.1 Å². The third-order valence-electron chi connectivity index (χ3n) is 4.51. The highest BCUT2D eigenvalue weighted by molar-refractivity contribution is 5.59. The molecular formula is C18H20N2O. The summed E-state index contributed by atoms with van der Waals surface area (Å²) < 4.78 is 6.15. The zero-order valence-electron chi connectivity index (χ0n) is 12.0. The average molecular weight is 280 g/mol. The number of rotatable bonds is 3. The molecule has 2 aliphatic rings. The third kappa shape index (κ3) is 2.79. The number of fused-ring (bicyclic) bond motifs is 2. The fourth-order valence-electron chi connectivity index (χ4n) is 3.52. The molecule has 0 amide bonds. The van der Waals surface area contributed by atoms with Crippen molar-refractivity contribution in [2.24, 2.45) is 0 Å². The number of nitrogens with zero attached hydrogens (tertiary/aromatic N) is 1. The molecule has 108 valence electrons. The Hall–Kier alpha value is -1.87. The van der Waals surface area contributed by atoms with Gasteiger partial charge < -0.3 is 10.1 Å². The summed E-state index contributed by atoms with van der Waals surface area (Å²) in [5, 5.41) is 3.64. The molecule has 0 aliphatic carbocycles. The molecule has 2 aliphatic heterocycles. The maximum atomic E-state index is 6.15. The summed E-state index contributed by atoms with van der Waals surface area (Å²) in [6.45, 7) is 0. The monoisotopic (exact) mass is 280 g/mol. The molecule has 21 heavy (non-hydrogen) atoms. The summed E-state index contributed by atoms with van der Waals surface area (Å²) >= 11 is 0. The molecule has 2 bridgehead atoms. The van der Waals surface area contributed by atoms with E-state index in [1.54, 1.807) is 0 Å². The van der Waals surface area contributed by atoms with Crippen molar-refractivity contribution in [1.82, 2.24) is 10.3 Å². The minimum atomic E-state index is 0.308. The minimum absolute atomic E-state index is 0.308. The lowest BCUT2D eigenvalue weighted by molar-refractivity contribution is 0.132. The van der Waals surface area contributed by atoms with Crippen molar-refractivity contribution in [2.45, 2.75) is 43.9 Å². The number of hydrogen-bond acceptors (Lipinski definition) is 3. The van der Waals surface area contributed by atoms with Crippen molar-refractivity contribution < 1.29 is 4.74 Å². The molecule has 3 heterocycles. The molecule has 0 radical (unpaired) electrons. The van der Waals surface area contributed by atoms with Crippen LogP contribution in [0.5, 0.6) is 5.88 Å². The largest absolute Gasteiger partial charge is 0.474 e. The summed E-state index contributed by atoms with van der Waals surface area (Å²) in [7, 11) is 0. The van der Waals surface area contributed by atoms with Crippen LogP contribution in [0.3, 0.4) is 0 Å². The van der Waals surface area contributed by atoms with E-state index in [0.717, 1.165) is 30.0 Å². The van der Waals surface area contributed by atoms with Gasteiger partial charge in [0.1, 0.15) is 6.10 Å². The fourth-order valence-corrected chi connectivity index (χ4v) is 3.52. The summed E-state index contributed by atoms with van der Waals surface area (Å²) in [4.78, 5) is 4.66. The number of nitrogens with one attached hydrogen (secondary N) is 1. The molecule has 2 aromatic rings. The Kier molecular flexibility index (Phi) is 3.36. The molecule has 2 saturated heterocycles. The maximum Gasteiger partial charge on any atom is 0.214 e. The van der Waals surface area contributed by atoms with E-state index in [1.165, 1.54) is 12.8 Å². The summed E-state index contributed by atoms with van der Waals surface area (Å²) in [6, 6.07) is 17.6. The number of pyridine rings is 1. The predicted molar refractivity (Wildman–Crippen MR) is 83.3 cm³/mol. The van der Waals surface area contributed by atoms with Crippen LogP contribution < -0.4 is 10.1 Å². The van der Waals surface area contributed by atoms with E-state index >= 15 is 0 Å². The fraction of sp³-hybridized carbons (Fsp3) is 0.389. The van der Waals surface area contributed by atoms with Crippen LogP contribution in [0.1, 0.15) is 25.7 Å². The number of benzene rings is 1. The first-order valence-corrected chi connectivity index (χ1v) is 7.82. The summed E-state index contributed by atoms with van der Waals surface area (Å²) in [6.07, 6.45) is 5.10. The zero-order chi connectivity index (χ0) is 14.1. The molecule has 3 atom stereocenters. The zero-order valence-corrected chi connectivity index (χ0v) is 12.0. The van der Waals surface area contributed by atoms with E-state index in [1.807, 2.05) is 36.4 Å². The van der Waals surface area contributed by atoms with Crippen LogP contribution in [0.15, 0.2) is 48.5 Å². The molecule has 3 nitrogen and oxygen atoms in total. The van der Waals surface area contributed by atoms with Gasteiger partial charge >= 0.3 is 0 Å². The maximum absolute atomic E-state index is 6.15. The summed E-state index contributed by atoms with van der Waals surface area (Å²) in [5.41, 5.74) is 2.11. The second kappa shape index (κ2) is 5.49. The van der Waals surface area contributed by atoms with Gasteiger partial charge in [-0.05, 0) is 31.7 Å². The molecule has 2 fully saturated rings. The topological polar surface area (TPSA) is 34.1 Å².